The summed E-state index contributed by atoms with van der Waals surface area (Å²) in [7, 11) is -3.86. The number of nitrogens with one attached hydrogen (secondary N) is 3. The van der Waals surface area contributed by atoms with Crippen LogP contribution in [0.25, 0.3) is 11.5 Å². The summed E-state index contributed by atoms with van der Waals surface area (Å²) >= 11 is 0. The third kappa shape index (κ3) is 5.77. The highest BCUT2D eigenvalue weighted by Crippen LogP contribution is 2.34. The summed E-state index contributed by atoms with van der Waals surface area (Å²) in [6.45, 7) is 7.21. The summed E-state index contributed by atoms with van der Waals surface area (Å²) in [5.41, 5.74) is 0.516. The molecule has 0 amide bonds. The zero-order valence-electron chi connectivity index (χ0n) is 18.3. The Morgan fingerprint density at radius 3 is 1.97 bits per heavy atom. The second-order valence-electron chi connectivity index (χ2n) is 7.69. The molecule has 5 rings (SSSR count). The average Bonchev–Trinajstić information content (AvgIpc) is 3.34. The SMILES string of the molecule is C1CNCCN1.O=S(=O)(c1ccccc1)c1nc(-c2ccc(F)cc2)oc1N1CCNCC1. The second-order valence-corrected chi connectivity index (χ2v) is 9.55. The molecule has 3 heterocycles. The van der Waals surface area contributed by atoms with Crippen molar-refractivity contribution in [2.24, 2.45) is 0 Å². The van der Waals surface area contributed by atoms with E-state index in [2.05, 4.69) is 20.9 Å². The number of halogens is 1. The Hall–Kier alpha value is -2.79. The standard InChI is InChI=1S/C19H18FN3O3S.C4H10N2/c20-15-8-6-14(7-9-15)17-22-18(19(26-17)23-12-10-21-11-13-23)27(24,25)16-4-2-1-3-5-16;1-2-6-4-3-5-1/h1-9,21H,10-13H2;5-6H,1-4H2. The Bertz CT molecular complexity index is 1120. The maximum Gasteiger partial charge on any atom is 0.236 e. The van der Waals surface area contributed by atoms with Crippen molar-refractivity contribution in [3.8, 4) is 11.5 Å². The lowest BCUT2D eigenvalue weighted by molar-refractivity contribution is 0.506. The molecule has 2 saturated heterocycles. The molecule has 3 aromatic rings. The van der Waals surface area contributed by atoms with Crippen LogP contribution in [0.2, 0.25) is 0 Å². The Balaban J connectivity index is 0.000000376. The fourth-order valence-electron chi connectivity index (χ4n) is 3.57. The third-order valence-corrected chi connectivity index (χ3v) is 7.01. The number of aromatic nitrogens is 1. The van der Waals surface area contributed by atoms with E-state index < -0.39 is 9.84 Å². The van der Waals surface area contributed by atoms with Crippen LogP contribution in [0.15, 0.2) is 68.9 Å². The molecule has 0 atom stereocenters. The van der Waals surface area contributed by atoms with Crippen LogP contribution in [0.3, 0.4) is 0 Å². The molecule has 0 spiro atoms. The van der Waals surface area contributed by atoms with Gasteiger partial charge in [-0.2, -0.15) is 4.98 Å². The van der Waals surface area contributed by atoms with E-state index in [-0.39, 0.29) is 27.5 Å². The van der Waals surface area contributed by atoms with Crippen molar-refractivity contribution in [2.75, 3.05) is 57.3 Å². The van der Waals surface area contributed by atoms with Gasteiger partial charge in [-0.15, -0.1) is 0 Å². The maximum absolute atomic E-state index is 13.2. The van der Waals surface area contributed by atoms with Gasteiger partial charge in [0.15, 0.2) is 0 Å². The predicted octanol–water partition coefficient (Wildman–Crippen LogP) is 1.90. The topological polar surface area (TPSA) is 99.5 Å². The first-order valence-corrected chi connectivity index (χ1v) is 12.5. The fraction of sp³-hybridized carbons (Fsp3) is 0.348. The van der Waals surface area contributed by atoms with Gasteiger partial charge in [0, 0.05) is 57.9 Å². The molecule has 2 fully saturated rings. The molecule has 176 valence electrons. The van der Waals surface area contributed by atoms with Crippen LogP contribution >= 0.6 is 0 Å². The molecule has 33 heavy (non-hydrogen) atoms. The monoisotopic (exact) mass is 473 g/mol. The minimum atomic E-state index is -3.86. The lowest BCUT2D eigenvalue weighted by atomic mass is 10.2. The highest BCUT2D eigenvalue weighted by Gasteiger charge is 2.31. The highest BCUT2D eigenvalue weighted by molar-refractivity contribution is 7.91. The van der Waals surface area contributed by atoms with Gasteiger partial charge < -0.3 is 25.3 Å². The van der Waals surface area contributed by atoms with Crippen LogP contribution in [-0.2, 0) is 9.84 Å². The van der Waals surface area contributed by atoms with E-state index in [1.54, 1.807) is 18.2 Å². The number of sulfone groups is 1. The first-order valence-electron chi connectivity index (χ1n) is 11.0. The van der Waals surface area contributed by atoms with Crippen molar-refractivity contribution in [3.05, 3.63) is 60.4 Å². The second kappa shape index (κ2) is 10.9. The van der Waals surface area contributed by atoms with Crippen molar-refractivity contribution in [1.82, 2.24) is 20.9 Å². The van der Waals surface area contributed by atoms with Gasteiger partial charge in [0.2, 0.25) is 26.6 Å². The van der Waals surface area contributed by atoms with Crippen molar-refractivity contribution < 1.29 is 17.2 Å². The number of nitrogens with zero attached hydrogens (tertiary/aromatic N) is 2. The molecule has 0 aliphatic carbocycles. The fourth-order valence-corrected chi connectivity index (χ4v) is 4.91. The zero-order valence-corrected chi connectivity index (χ0v) is 19.1. The summed E-state index contributed by atoms with van der Waals surface area (Å²) in [5, 5.41) is 9.55. The van der Waals surface area contributed by atoms with Gasteiger partial charge in [0.25, 0.3) is 0 Å². The molecule has 2 aromatic carbocycles. The zero-order chi connectivity index (χ0) is 23.1. The lowest BCUT2D eigenvalue weighted by Crippen LogP contribution is -2.43. The normalized spacial score (nSPS) is 16.7. The lowest BCUT2D eigenvalue weighted by Gasteiger charge is -2.27. The Morgan fingerprint density at radius 2 is 1.39 bits per heavy atom. The summed E-state index contributed by atoms with van der Waals surface area (Å²) in [6.07, 6.45) is 0. The number of rotatable bonds is 4. The van der Waals surface area contributed by atoms with E-state index in [9.17, 15) is 12.8 Å². The van der Waals surface area contributed by atoms with Crippen LogP contribution in [0, 0.1) is 5.82 Å². The number of benzene rings is 2. The molecule has 3 N–H and O–H groups in total. The number of hydrogen-bond acceptors (Lipinski definition) is 8. The van der Waals surface area contributed by atoms with Gasteiger partial charge in [-0.05, 0) is 36.4 Å². The van der Waals surface area contributed by atoms with Gasteiger partial charge in [0.1, 0.15) is 5.82 Å². The molecule has 0 unspecified atom stereocenters. The van der Waals surface area contributed by atoms with Gasteiger partial charge in [0.05, 0.1) is 4.90 Å². The molecule has 10 heteroatoms. The van der Waals surface area contributed by atoms with Crippen LogP contribution in [-0.4, -0.2) is 65.8 Å². The van der Waals surface area contributed by atoms with E-state index in [1.165, 1.54) is 36.4 Å². The molecular formula is C23H28FN5O3S. The highest BCUT2D eigenvalue weighted by atomic mass is 32.2. The third-order valence-electron chi connectivity index (χ3n) is 5.34. The van der Waals surface area contributed by atoms with Crippen LogP contribution in [0.5, 0.6) is 0 Å². The summed E-state index contributed by atoms with van der Waals surface area (Å²) in [4.78, 5) is 6.31. The largest absolute Gasteiger partial charge is 0.419 e. The first kappa shape index (κ1) is 23.4. The number of hydrogen-bond donors (Lipinski definition) is 3. The maximum atomic E-state index is 13.2. The minimum Gasteiger partial charge on any atom is -0.419 e. The molecule has 2 aliphatic rings. The van der Waals surface area contributed by atoms with Crippen molar-refractivity contribution >= 4 is 15.7 Å². The summed E-state index contributed by atoms with van der Waals surface area (Å²) in [5.74, 6) is -0.0116. The quantitative estimate of drug-likeness (QED) is 0.529. The van der Waals surface area contributed by atoms with E-state index in [0.29, 0.717) is 18.7 Å². The minimum absolute atomic E-state index is 0.116. The van der Waals surface area contributed by atoms with Crippen molar-refractivity contribution in [2.45, 2.75) is 9.92 Å². The van der Waals surface area contributed by atoms with Crippen LogP contribution in [0.1, 0.15) is 0 Å². The first-order chi connectivity index (χ1) is 16.1. The predicted molar refractivity (Wildman–Crippen MR) is 125 cm³/mol. The van der Waals surface area contributed by atoms with Gasteiger partial charge in [-0.1, -0.05) is 18.2 Å². The number of piperazine rings is 2. The Morgan fingerprint density at radius 1 is 0.818 bits per heavy atom. The van der Waals surface area contributed by atoms with Gasteiger partial charge in [-0.25, -0.2) is 12.8 Å². The Kier molecular flexibility index (Phi) is 7.71. The molecule has 1 aromatic heterocycles. The van der Waals surface area contributed by atoms with Gasteiger partial charge in [-0.3, -0.25) is 0 Å². The molecule has 0 radical (unpaired) electrons. The Labute approximate surface area is 193 Å². The number of oxazole rings is 1. The van der Waals surface area contributed by atoms with E-state index in [4.69, 9.17) is 4.42 Å². The van der Waals surface area contributed by atoms with Crippen LogP contribution in [0.4, 0.5) is 10.3 Å². The van der Waals surface area contributed by atoms with E-state index in [1.807, 2.05) is 4.90 Å². The summed E-state index contributed by atoms with van der Waals surface area (Å²) in [6, 6.07) is 13.7. The molecule has 2 aliphatic heterocycles. The summed E-state index contributed by atoms with van der Waals surface area (Å²) < 4.78 is 45.4. The van der Waals surface area contributed by atoms with Gasteiger partial charge >= 0.3 is 0 Å². The average molecular weight is 474 g/mol. The van der Waals surface area contributed by atoms with Crippen molar-refractivity contribution in [1.29, 1.82) is 0 Å². The van der Waals surface area contributed by atoms with Crippen LogP contribution < -0.4 is 20.9 Å². The van der Waals surface area contributed by atoms with E-state index in [0.717, 1.165) is 39.3 Å². The number of anilines is 1. The van der Waals surface area contributed by atoms with E-state index >= 15 is 0 Å². The molecule has 8 nitrogen and oxygen atoms in total. The molecule has 0 bridgehead atoms. The molecular weight excluding hydrogens is 445 g/mol. The smallest absolute Gasteiger partial charge is 0.236 e. The van der Waals surface area contributed by atoms with Crippen molar-refractivity contribution in [3.63, 3.8) is 0 Å². The molecule has 0 saturated carbocycles.